The summed E-state index contributed by atoms with van der Waals surface area (Å²) < 4.78 is 0. The molecule has 0 spiro atoms. The molecular weight excluding hydrogens is 242 g/mol. The molecule has 1 aliphatic heterocycles. The predicted octanol–water partition coefficient (Wildman–Crippen LogP) is 2.81. The molecule has 1 heterocycles. The SMILES string of the molecule is CC1(C(=O)O)CCCCN1C(=O)CCC1CCCC1. The molecule has 0 bridgehead atoms. The normalized spacial score (nSPS) is 28.6. The van der Waals surface area contributed by atoms with Crippen LogP contribution in [0.2, 0.25) is 0 Å². The summed E-state index contributed by atoms with van der Waals surface area (Å²) in [6.07, 6.45) is 8.92. The van der Waals surface area contributed by atoms with Crippen LogP contribution in [-0.4, -0.2) is 34.0 Å². The lowest BCUT2D eigenvalue weighted by molar-refractivity contribution is -0.161. The number of likely N-dealkylation sites (tertiary alicyclic amines) is 1. The van der Waals surface area contributed by atoms with Crippen LogP contribution in [0.5, 0.6) is 0 Å². The first-order chi connectivity index (χ1) is 9.04. The summed E-state index contributed by atoms with van der Waals surface area (Å²) >= 11 is 0. The third-order valence-electron chi connectivity index (χ3n) is 4.89. The van der Waals surface area contributed by atoms with E-state index < -0.39 is 11.5 Å². The van der Waals surface area contributed by atoms with Crippen molar-refractivity contribution in [1.29, 1.82) is 0 Å². The molecule has 2 fully saturated rings. The maximum Gasteiger partial charge on any atom is 0.329 e. The molecule has 2 aliphatic rings. The van der Waals surface area contributed by atoms with Gasteiger partial charge in [-0.3, -0.25) is 4.79 Å². The molecule has 1 saturated carbocycles. The van der Waals surface area contributed by atoms with Crippen LogP contribution in [0, 0.1) is 5.92 Å². The summed E-state index contributed by atoms with van der Waals surface area (Å²) in [4.78, 5) is 25.4. The maximum atomic E-state index is 12.3. The van der Waals surface area contributed by atoms with Gasteiger partial charge in [0, 0.05) is 13.0 Å². The molecule has 0 radical (unpaired) electrons. The van der Waals surface area contributed by atoms with Crippen LogP contribution >= 0.6 is 0 Å². The van der Waals surface area contributed by atoms with Gasteiger partial charge in [0.2, 0.25) is 5.91 Å². The second-order valence-electron chi connectivity index (χ2n) is 6.27. The predicted molar refractivity (Wildman–Crippen MR) is 72.8 cm³/mol. The molecule has 1 atom stereocenters. The summed E-state index contributed by atoms with van der Waals surface area (Å²) in [5.74, 6) is -0.136. The van der Waals surface area contributed by atoms with Crippen LogP contribution in [0.15, 0.2) is 0 Å². The Kier molecular flexibility index (Phi) is 4.48. The number of amides is 1. The number of carboxylic acid groups (broad SMARTS) is 1. The van der Waals surface area contributed by atoms with Gasteiger partial charge in [-0.1, -0.05) is 25.7 Å². The minimum atomic E-state index is -0.981. The third-order valence-corrected chi connectivity index (χ3v) is 4.89. The average molecular weight is 267 g/mol. The molecule has 19 heavy (non-hydrogen) atoms. The zero-order valence-corrected chi connectivity index (χ0v) is 11.9. The highest BCUT2D eigenvalue weighted by Gasteiger charge is 2.43. The molecule has 0 aromatic carbocycles. The number of hydrogen-bond donors (Lipinski definition) is 1. The number of carbonyl (C=O) groups is 2. The zero-order chi connectivity index (χ0) is 13.9. The van der Waals surface area contributed by atoms with Crippen molar-refractivity contribution in [3.05, 3.63) is 0 Å². The summed E-state index contributed by atoms with van der Waals surface area (Å²) in [6, 6.07) is 0. The minimum absolute atomic E-state index is 0.0384. The quantitative estimate of drug-likeness (QED) is 0.852. The van der Waals surface area contributed by atoms with Gasteiger partial charge in [-0.2, -0.15) is 0 Å². The van der Waals surface area contributed by atoms with E-state index in [-0.39, 0.29) is 5.91 Å². The van der Waals surface area contributed by atoms with E-state index in [1.54, 1.807) is 11.8 Å². The smallest absolute Gasteiger partial charge is 0.329 e. The highest BCUT2D eigenvalue weighted by Crippen LogP contribution is 2.32. The fourth-order valence-electron chi connectivity index (χ4n) is 3.50. The van der Waals surface area contributed by atoms with E-state index >= 15 is 0 Å². The second kappa shape index (κ2) is 5.93. The molecule has 4 nitrogen and oxygen atoms in total. The van der Waals surface area contributed by atoms with E-state index in [1.807, 2.05) is 0 Å². The lowest BCUT2D eigenvalue weighted by Crippen LogP contribution is -2.57. The Bertz CT molecular complexity index is 349. The van der Waals surface area contributed by atoms with E-state index in [1.165, 1.54) is 25.7 Å². The van der Waals surface area contributed by atoms with Crippen molar-refractivity contribution in [2.24, 2.45) is 5.92 Å². The van der Waals surface area contributed by atoms with E-state index in [0.29, 0.717) is 25.3 Å². The highest BCUT2D eigenvalue weighted by atomic mass is 16.4. The summed E-state index contributed by atoms with van der Waals surface area (Å²) in [5, 5.41) is 9.40. The van der Waals surface area contributed by atoms with Gasteiger partial charge in [0.05, 0.1) is 0 Å². The Labute approximate surface area is 115 Å². The van der Waals surface area contributed by atoms with Crippen molar-refractivity contribution in [2.45, 2.75) is 70.3 Å². The fourth-order valence-corrected chi connectivity index (χ4v) is 3.50. The Hall–Kier alpha value is -1.06. The lowest BCUT2D eigenvalue weighted by Gasteiger charge is -2.41. The van der Waals surface area contributed by atoms with Gasteiger partial charge in [-0.05, 0) is 38.5 Å². The summed E-state index contributed by atoms with van der Waals surface area (Å²) in [5.41, 5.74) is -0.981. The van der Waals surface area contributed by atoms with Gasteiger partial charge in [0.25, 0.3) is 0 Å². The number of hydrogen-bond acceptors (Lipinski definition) is 2. The largest absolute Gasteiger partial charge is 0.480 e. The first kappa shape index (κ1) is 14.4. The topological polar surface area (TPSA) is 57.6 Å². The van der Waals surface area contributed by atoms with Crippen LogP contribution in [0.1, 0.15) is 64.7 Å². The molecule has 4 heteroatoms. The van der Waals surface area contributed by atoms with Gasteiger partial charge in [0.15, 0.2) is 0 Å². The van der Waals surface area contributed by atoms with Crippen molar-refractivity contribution in [3.63, 3.8) is 0 Å². The molecule has 0 aromatic heterocycles. The van der Waals surface area contributed by atoms with Gasteiger partial charge in [0.1, 0.15) is 5.54 Å². The van der Waals surface area contributed by atoms with Crippen LogP contribution < -0.4 is 0 Å². The van der Waals surface area contributed by atoms with Gasteiger partial charge < -0.3 is 10.0 Å². The maximum absolute atomic E-state index is 12.3. The lowest BCUT2D eigenvalue weighted by atomic mass is 9.87. The molecule has 1 aliphatic carbocycles. The first-order valence-electron chi connectivity index (χ1n) is 7.58. The fraction of sp³-hybridized carbons (Fsp3) is 0.867. The second-order valence-corrected chi connectivity index (χ2v) is 6.27. The molecule has 2 rings (SSSR count). The van der Waals surface area contributed by atoms with Gasteiger partial charge in [-0.25, -0.2) is 4.79 Å². The average Bonchev–Trinajstić information content (AvgIpc) is 2.89. The number of piperidine rings is 1. The Morgan fingerprint density at radius 3 is 2.53 bits per heavy atom. The highest BCUT2D eigenvalue weighted by molar-refractivity contribution is 5.87. The van der Waals surface area contributed by atoms with E-state index in [0.717, 1.165) is 19.3 Å². The Morgan fingerprint density at radius 2 is 1.89 bits per heavy atom. The van der Waals surface area contributed by atoms with E-state index in [2.05, 4.69) is 0 Å². The number of rotatable bonds is 4. The Morgan fingerprint density at radius 1 is 1.21 bits per heavy atom. The van der Waals surface area contributed by atoms with Crippen LogP contribution in [0.25, 0.3) is 0 Å². The number of carbonyl (C=O) groups excluding carboxylic acids is 1. The van der Waals surface area contributed by atoms with E-state index in [4.69, 9.17) is 0 Å². The number of nitrogens with zero attached hydrogens (tertiary/aromatic N) is 1. The molecule has 1 N–H and O–H groups in total. The number of carboxylic acids is 1. The van der Waals surface area contributed by atoms with Crippen LogP contribution in [-0.2, 0) is 9.59 Å². The molecular formula is C15H25NO3. The van der Waals surface area contributed by atoms with Crippen LogP contribution in [0.3, 0.4) is 0 Å². The molecule has 108 valence electrons. The standard InChI is InChI=1S/C15H25NO3/c1-15(14(18)19)10-4-5-11-16(15)13(17)9-8-12-6-2-3-7-12/h12H,2-11H2,1H3,(H,18,19). The minimum Gasteiger partial charge on any atom is -0.480 e. The van der Waals surface area contributed by atoms with Crippen molar-refractivity contribution >= 4 is 11.9 Å². The van der Waals surface area contributed by atoms with Gasteiger partial charge >= 0.3 is 5.97 Å². The summed E-state index contributed by atoms with van der Waals surface area (Å²) in [7, 11) is 0. The monoisotopic (exact) mass is 267 g/mol. The molecule has 1 saturated heterocycles. The van der Waals surface area contributed by atoms with Crippen molar-refractivity contribution < 1.29 is 14.7 Å². The molecule has 0 aromatic rings. The van der Waals surface area contributed by atoms with Crippen molar-refractivity contribution in [3.8, 4) is 0 Å². The van der Waals surface area contributed by atoms with Gasteiger partial charge in [-0.15, -0.1) is 0 Å². The third kappa shape index (κ3) is 3.10. The van der Waals surface area contributed by atoms with Crippen LogP contribution in [0.4, 0.5) is 0 Å². The Balaban J connectivity index is 1.93. The van der Waals surface area contributed by atoms with E-state index in [9.17, 15) is 14.7 Å². The first-order valence-corrected chi connectivity index (χ1v) is 7.58. The summed E-state index contributed by atoms with van der Waals surface area (Å²) in [6.45, 7) is 2.30. The van der Waals surface area contributed by atoms with Crippen molar-refractivity contribution in [2.75, 3.05) is 6.54 Å². The molecule has 1 amide bonds. The molecule has 1 unspecified atom stereocenters. The van der Waals surface area contributed by atoms with Crippen molar-refractivity contribution in [1.82, 2.24) is 4.90 Å². The zero-order valence-electron chi connectivity index (χ0n) is 11.9. The number of aliphatic carboxylic acids is 1.